The van der Waals surface area contributed by atoms with E-state index in [1.165, 1.54) is 14.2 Å². The van der Waals surface area contributed by atoms with Crippen LogP contribution in [-0.4, -0.2) is 26.0 Å². The smallest absolute Gasteiger partial charge is 0.286 e. The van der Waals surface area contributed by atoms with Gasteiger partial charge in [0.2, 0.25) is 0 Å². The molecule has 0 heterocycles. The summed E-state index contributed by atoms with van der Waals surface area (Å²) >= 11 is 3.33. The number of rotatable bonds is 5. The second-order valence-corrected chi connectivity index (χ2v) is 4.11. The zero-order chi connectivity index (χ0) is 12.0. The van der Waals surface area contributed by atoms with E-state index in [-0.39, 0.29) is 0 Å². The lowest BCUT2D eigenvalue weighted by Gasteiger charge is -2.25. The molecular weight excluding hydrogens is 272 g/mol. The van der Waals surface area contributed by atoms with Crippen molar-refractivity contribution < 1.29 is 14.2 Å². The van der Waals surface area contributed by atoms with Crippen LogP contribution in [0.25, 0.3) is 6.08 Å². The van der Waals surface area contributed by atoms with Gasteiger partial charge < -0.3 is 14.2 Å². The number of benzene rings is 1. The van der Waals surface area contributed by atoms with Crippen molar-refractivity contribution in [1.29, 1.82) is 0 Å². The van der Waals surface area contributed by atoms with Crippen LogP contribution in [0.5, 0.6) is 0 Å². The number of alkyl halides is 1. The second-order valence-electron chi connectivity index (χ2n) is 3.07. The zero-order valence-corrected chi connectivity index (χ0v) is 11.2. The molecule has 0 amide bonds. The Morgan fingerprint density at radius 3 is 2.12 bits per heavy atom. The van der Waals surface area contributed by atoms with E-state index in [9.17, 15) is 0 Å². The van der Waals surface area contributed by atoms with Crippen LogP contribution < -0.4 is 0 Å². The quantitative estimate of drug-likeness (QED) is 0.473. The molecular formula is C12H15BrO3. The van der Waals surface area contributed by atoms with Crippen LogP contribution in [0.1, 0.15) is 5.56 Å². The molecule has 0 bridgehead atoms. The normalized spacial score (nSPS) is 12.6. The molecule has 1 aromatic rings. The highest BCUT2D eigenvalue weighted by atomic mass is 79.9. The third kappa shape index (κ3) is 3.07. The Balaban J connectivity index is 3.02. The Labute approximate surface area is 104 Å². The molecule has 0 atom stereocenters. The molecule has 1 aromatic carbocycles. The highest BCUT2D eigenvalue weighted by Crippen LogP contribution is 2.31. The van der Waals surface area contributed by atoms with Crippen LogP contribution in [0.4, 0.5) is 0 Å². The predicted molar refractivity (Wildman–Crippen MR) is 67.1 cm³/mol. The van der Waals surface area contributed by atoms with Gasteiger partial charge in [0.05, 0.1) is 7.11 Å². The average Bonchev–Trinajstić information content (AvgIpc) is 2.36. The monoisotopic (exact) mass is 286 g/mol. The summed E-state index contributed by atoms with van der Waals surface area (Å²) in [4.78, 5) is 0. The summed E-state index contributed by atoms with van der Waals surface area (Å²) in [7, 11) is 4.65. The van der Waals surface area contributed by atoms with E-state index in [4.69, 9.17) is 14.2 Å². The Kier molecular flexibility index (Phi) is 4.99. The van der Waals surface area contributed by atoms with E-state index >= 15 is 0 Å². The van der Waals surface area contributed by atoms with Crippen LogP contribution in [-0.2, 0) is 14.2 Å². The van der Waals surface area contributed by atoms with Crippen LogP contribution in [0.3, 0.4) is 0 Å². The van der Waals surface area contributed by atoms with Gasteiger partial charge in [-0.3, -0.25) is 0 Å². The first-order chi connectivity index (χ1) is 7.66. The molecule has 0 aliphatic rings. The van der Waals surface area contributed by atoms with E-state index in [2.05, 4.69) is 15.9 Å². The van der Waals surface area contributed by atoms with Crippen LogP contribution in [0.15, 0.2) is 36.1 Å². The fourth-order valence-corrected chi connectivity index (χ4v) is 1.53. The van der Waals surface area contributed by atoms with Gasteiger partial charge in [0, 0.05) is 14.2 Å². The Bertz CT molecular complexity index is 345. The van der Waals surface area contributed by atoms with Crippen molar-refractivity contribution in [3.63, 3.8) is 0 Å². The minimum Gasteiger partial charge on any atom is -0.494 e. The van der Waals surface area contributed by atoms with Gasteiger partial charge in [0.15, 0.2) is 5.76 Å². The third-order valence-electron chi connectivity index (χ3n) is 2.14. The molecule has 0 N–H and O–H groups in total. The van der Waals surface area contributed by atoms with Gasteiger partial charge in [-0.15, -0.1) is 0 Å². The van der Waals surface area contributed by atoms with E-state index in [1.807, 2.05) is 36.4 Å². The first kappa shape index (κ1) is 13.2. The number of ether oxygens (including phenoxy) is 3. The predicted octanol–water partition coefficient (Wildman–Crippen LogP) is 3.02. The summed E-state index contributed by atoms with van der Waals surface area (Å²) in [6, 6.07) is 9.80. The molecule has 0 aromatic heterocycles. The lowest BCUT2D eigenvalue weighted by Crippen LogP contribution is -2.29. The van der Waals surface area contributed by atoms with Crippen LogP contribution >= 0.6 is 15.9 Å². The number of halogens is 1. The largest absolute Gasteiger partial charge is 0.494 e. The van der Waals surface area contributed by atoms with Crippen molar-refractivity contribution in [1.82, 2.24) is 0 Å². The summed E-state index contributed by atoms with van der Waals surface area (Å²) in [5.41, 5.74) is 1.01. The maximum Gasteiger partial charge on any atom is 0.286 e. The van der Waals surface area contributed by atoms with Crippen molar-refractivity contribution in [2.24, 2.45) is 0 Å². The molecule has 16 heavy (non-hydrogen) atoms. The molecule has 0 fully saturated rings. The van der Waals surface area contributed by atoms with E-state index in [1.54, 1.807) is 7.11 Å². The Hall–Kier alpha value is -0.840. The first-order valence-electron chi connectivity index (χ1n) is 4.76. The second kappa shape index (κ2) is 6.03. The number of hydrogen-bond donors (Lipinski definition) is 0. The first-order valence-corrected chi connectivity index (χ1v) is 5.56. The molecule has 88 valence electrons. The molecule has 1 rings (SSSR count). The van der Waals surface area contributed by atoms with Crippen molar-refractivity contribution in [2.45, 2.75) is 4.70 Å². The summed E-state index contributed by atoms with van der Waals surface area (Å²) in [6.45, 7) is 0. The lowest BCUT2D eigenvalue weighted by molar-refractivity contribution is -0.123. The minimum absolute atomic E-state index is 0.545. The fourth-order valence-electron chi connectivity index (χ4n) is 1.25. The van der Waals surface area contributed by atoms with Crippen molar-refractivity contribution in [3.05, 3.63) is 41.7 Å². The molecule has 3 nitrogen and oxygen atoms in total. The van der Waals surface area contributed by atoms with E-state index in [0.29, 0.717) is 5.76 Å². The molecule has 4 heteroatoms. The summed E-state index contributed by atoms with van der Waals surface area (Å²) in [6.07, 6.45) is 1.85. The zero-order valence-electron chi connectivity index (χ0n) is 9.57. The standard InChI is InChI=1S/C12H15BrO3/c1-14-11(12(13,15-2)16-3)9-10-7-5-4-6-8-10/h4-9H,1-3H3. The average molecular weight is 287 g/mol. The Morgan fingerprint density at radius 1 is 1.12 bits per heavy atom. The highest BCUT2D eigenvalue weighted by molar-refractivity contribution is 9.10. The van der Waals surface area contributed by atoms with Gasteiger partial charge in [-0.2, -0.15) is 0 Å². The van der Waals surface area contributed by atoms with Crippen LogP contribution in [0, 0.1) is 0 Å². The highest BCUT2D eigenvalue weighted by Gasteiger charge is 2.32. The van der Waals surface area contributed by atoms with E-state index in [0.717, 1.165) is 5.56 Å². The summed E-state index contributed by atoms with van der Waals surface area (Å²) < 4.78 is 14.6. The minimum atomic E-state index is -1.04. The van der Waals surface area contributed by atoms with Crippen molar-refractivity contribution >= 4 is 22.0 Å². The maximum absolute atomic E-state index is 5.27. The molecule has 0 spiro atoms. The molecule has 0 radical (unpaired) electrons. The van der Waals surface area contributed by atoms with Gasteiger partial charge in [0.25, 0.3) is 4.70 Å². The SMILES string of the molecule is COC(=Cc1ccccc1)C(Br)(OC)OC. The molecule has 0 saturated carbocycles. The topological polar surface area (TPSA) is 27.7 Å². The third-order valence-corrected chi connectivity index (χ3v) is 3.17. The van der Waals surface area contributed by atoms with Gasteiger partial charge in [0.1, 0.15) is 0 Å². The Morgan fingerprint density at radius 2 is 1.69 bits per heavy atom. The maximum atomic E-state index is 5.27. The van der Waals surface area contributed by atoms with Gasteiger partial charge in [-0.05, 0) is 27.6 Å². The van der Waals surface area contributed by atoms with Crippen molar-refractivity contribution in [3.8, 4) is 0 Å². The molecule has 0 saturated heterocycles. The van der Waals surface area contributed by atoms with Crippen molar-refractivity contribution in [2.75, 3.05) is 21.3 Å². The molecule has 0 aliphatic heterocycles. The van der Waals surface area contributed by atoms with Crippen LogP contribution in [0.2, 0.25) is 0 Å². The van der Waals surface area contributed by atoms with Gasteiger partial charge in [-0.25, -0.2) is 0 Å². The lowest BCUT2D eigenvalue weighted by atomic mass is 10.2. The van der Waals surface area contributed by atoms with Gasteiger partial charge in [-0.1, -0.05) is 30.3 Å². The summed E-state index contributed by atoms with van der Waals surface area (Å²) in [5.74, 6) is 0.545. The fraction of sp³-hybridized carbons (Fsp3) is 0.333. The molecule has 0 aliphatic carbocycles. The number of methoxy groups -OCH3 is 3. The number of hydrogen-bond acceptors (Lipinski definition) is 3. The summed E-state index contributed by atoms with van der Waals surface area (Å²) in [5, 5.41) is 0. The van der Waals surface area contributed by atoms with E-state index < -0.39 is 4.70 Å². The molecule has 0 unspecified atom stereocenters. The van der Waals surface area contributed by atoms with Gasteiger partial charge >= 0.3 is 0 Å².